The molecule has 0 aromatic heterocycles. The summed E-state index contributed by atoms with van der Waals surface area (Å²) in [7, 11) is 2.88. The Hall–Kier alpha value is -1.95. The standard InChI is InChI=1S/C15H11BrF2O3/c1-20-13-4-3-8(5-14(13)21-2)15(19)9-6-12(18)10(16)7-11(9)17/h3-7H,1-2H3. The summed E-state index contributed by atoms with van der Waals surface area (Å²) in [6.07, 6.45) is 0. The summed E-state index contributed by atoms with van der Waals surface area (Å²) in [5, 5.41) is 0. The molecule has 0 saturated carbocycles. The Morgan fingerprint density at radius 1 is 1.00 bits per heavy atom. The minimum absolute atomic E-state index is 0.0381. The molecular weight excluding hydrogens is 346 g/mol. The highest BCUT2D eigenvalue weighted by atomic mass is 79.9. The maximum absolute atomic E-state index is 13.8. The van der Waals surface area contributed by atoms with Crippen molar-refractivity contribution >= 4 is 21.7 Å². The van der Waals surface area contributed by atoms with Gasteiger partial charge in [-0.15, -0.1) is 0 Å². The Morgan fingerprint density at radius 3 is 2.29 bits per heavy atom. The molecule has 110 valence electrons. The van der Waals surface area contributed by atoms with E-state index in [4.69, 9.17) is 9.47 Å². The van der Waals surface area contributed by atoms with E-state index in [9.17, 15) is 13.6 Å². The number of hydrogen-bond donors (Lipinski definition) is 0. The molecule has 0 radical (unpaired) electrons. The molecule has 2 aromatic carbocycles. The molecule has 0 bridgehead atoms. The normalized spacial score (nSPS) is 10.3. The highest BCUT2D eigenvalue weighted by Gasteiger charge is 2.18. The minimum Gasteiger partial charge on any atom is -0.493 e. The molecular formula is C15H11BrF2O3. The zero-order chi connectivity index (χ0) is 15.6. The maximum Gasteiger partial charge on any atom is 0.196 e. The van der Waals surface area contributed by atoms with Crippen LogP contribution >= 0.6 is 15.9 Å². The molecule has 0 N–H and O–H groups in total. The van der Waals surface area contributed by atoms with E-state index in [0.29, 0.717) is 11.5 Å². The van der Waals surface area contributed by atoms with Gasteiger partial charge >= 0.3 is 0 Å². The largest absolute Gasteiger partial charge is 0.493 e. The van der Waals surface area contributed by atoms with Crippen molar-refractivity contribution in [3.8, 4) is 11.5 Å². The van der Waals surface area contributed by atoms with Crippen LogP contribution in [0.25, 0.3) is 0 Å². The number of benzene rings is 2. The smallest absolute Gasteiger partial charge is 0.196 e. The zero-order valence-corrected chi connectivity index (χ0v) is 12.8. The third-order valence-corrected chi connectivity index (χ3v) is 3.51. The first kappa shape index (κ1) is 15.4. The van der Waals surface area contributed by atoms with E-state index in [1.165, 1.54) is 32.4 Å². The highest BCUT2D eigenvalue weighted by molar-refractivity contribution is 9.10. The molecule has 0 saturated heterocycles. The molecule has 2 aromatic rings. The Balaban J connectivity index is 2.47. The fourth-order valence-electron chi connectivity index (χ4n) is 1.83. The lowest BCUT2D eigenvalue weighted by Crippen LogP contribution is -2.06. The van der Waals surface area contributed by atoms with E-state index in [1.54, 1.807) is 0 Å². The number of ether oxygens (including phenoxy) is 2. The Labute approximate surface area is 128 Å². The van der Waals surface area contributed by atoms with Crippen LogP contribution in [0.3, 0.4) is 0 Å². The van der Waals surface area contributed by atoms with E-state index in [-0.39, 0.29) is 15.6 Å². The first-order valence-electron chi connectivity index (χ1n) is 5.89. The van der Waals surface area contributed by atoms with E-state index < -0.39 is 17.4 Å². The molecule has 2 rings (SSSR count). The van der Waals surface area contributed by atoms with Gasteiger partial charge in [0.1, 0.15) is 11.6 Å². The minimum atomic E-state index is -0.803. The molecule has 0 spiro atoms. The molecule has 0 atom stereocenters. The van der Waals surface area contributed by atoms with Gasteiger partial charge in [0.15, 0.2) is 17.3 Å². The van der Waals surface area contributed by atoms with Crippen LogP contribution in [0.2, 0.25) is 0 Å². The maximum atomic E-state index is 13.8. The molecule has 6 heteroatoms. The lowest BCUT2D eigenvalue weighted by Gasteiger charge is -2.09. The lowest BCUT2D eigenvalue weighted by molar-refractivity contribution is 0.103. The van der Waals surface area contributed by atoms with Crippen LogP contribution in [0.1, 0.15) is 15.9 Å². The average molecular weight is 357 g/mol. The number of methoxy groups -OCH3 is 2. The third kappa shape index (κ3) is 3.05. The van der Waals surface area contributed by atoms with Gasteiger partial charge in [0.05, 0.1) is 24.3 Å². The summed E-state index contributed by atoms with van der Waals surface area (Å²) in [5.41, 5.74) is -0.170. The van der Waals surface area contributed by atoms with Gasteiger partial charge in [-0.1, -0.05) is 0 Å². The molecule has 0 aliphatic carbocycles. The summed E-state index contributed by atoms with van der Waals surface area (Å²) in [4.78, 5) is 12.3. The molecule has 21 heavy (non-hydrogen) atoms. The topological polar surface area (TPSA) is 35.5 Å². The van der Waals surface area contributed by atoms with Crippen LogP contribution in [-0.2, 0) is 0 Å². The molecule has 0 fully saturated rings. The van der Waals surface area contributed by atoms with Gasteiger partial charge in [0.25, 0.3) is 0 Å². The van der Waals surface area contributed by atoms with Gasteiger partial charge in [0, 0.05) is 5.56 Å². The van der Waals surface area contributed by atoms with Crippen LogP contribution in [0.5, 0.6) is 11.5 Å². The Bertz CT molecular complexity index is 702. The summed E-state index contributed by atoms with van der Waals surface area (Å²) >= 11 is 2.86. The van der Waals surface area contributed by atoms with Crippen LogP contribution in [0, 0.1) is 11.6 Å². The van der Waals surface area contributed by atoms with Crippen molar-refractivity contribution in [2.75, 3.05) is 14.2 Å². The second-order valence-corrected chi connectivity index (χ2v) is 5.00. The van der Waals surface area contributed by atoms with Gasteiger partial charge in [-0.05, 0) is 46.3 Å². The summed E-state index contributed by atoms with van der Waals surface area (Å²) < 4.78 is 37.4. The van der Waals surface area contributed by atoms with Crippen LogP contribution < -0.4 is 9.47 Å². The van der Waals surface area contributed by atoms with Crippen molar-refractivity contribution < 1.29 is 23.0 Å². The van der Waals surface area contributed by atoms with Crippen LogP contribution in [0.15, 0.2) is 34.8 Å². The van der Waals surface area contributed by atoms with Crippen molar-refractivity contribution in [3.05, 3.63) is 57.6 Å². The van der Waals surface area contributed by atoms with Crippen LogP contribution in [-0.4, -0.2) is 20.0 Å². The predicted molar refractivity (Wildman–Crippen MR) is 77.0 cm³/mol. The number of hydrogen-bond acceptors (Lipinski definition) is 3. The summed E-state index contributed by atoms with van der Waals surface area (Å²) in [5.74, 6) is -1.37. The quantitative estimate of drug-likeness (QED) is 0.614. The van der Waals surface area contributed by atoms with E-state index in [1.807, 2.05) is 0 Å². The van der Waals surface area contributed by atoms with Crippen molar-refractivity contribution in [2.45, 2.75) is 0 Å². The van der Waals surface area contributed by atoms with Gasteiger partial charge in [-0.3, -0.25) is 4.79 Å². The summed E-state index contributed by atoms with van der Waals surface area (Å²) in [6, 6.07) is 6.19. The number of ketones is 1. The zero-order valence-electron chi connectivity index (χ0n) is 11.2. The third-order valence-electron chi connectivity index (χ3n) is 2.90. The predicted octanol–water partition coefficient (Wildman–Crippen LogP) is 3.98. The van der Waals surface area contributed by atoms with Gasteiger partial charge in [-0.2, -0.15) is 0 Å². The van der Waals surface area contributed by atoms with Gasteiger partial charge in [-0.25, -0.2) is 8.78 Å². The summed E-state index contributed by atoms with van der Waals surface area (Å²) in [6.45, 7) is 0. The molecule has 0 amide bonds. The Morgan fingerprint density at radius 2 is 1.67 bits per heavy atom. The lowest BCUT2D eigenvalue weighted by atomic mass is 10.0. The van der Waals surface area contributed by atoms with Crippen LogP contribution in [0.4, 0.5) is 8.78 Å². The number of carbonyl (C=O) groups excluding carboxylic acids is 1. The SMILES string of the molecule is COc1ccc(C(=O)c2cc(F)c(Br)cc2F)cc1OC. The van der Waals surface area contributed by atoms with Crippen molar-refractivity contribution in [1.29, 1.82) is 0 Å². The molecule has 0 aliphatic heterocycles. The monoisotopic (exact) mass is 356 g/mol. The van der Waals surface area contributed by atoms with Crippen molar-refractivity contribution in [3.63, 3.8) is 0 Å². The molecule has 0 aliphatic rings. The van der Waals surface area contributed by atoms with E-state index in [2.05, 4.69) is 15.9 Å². The second kappa shape index (κ2) is 6.22. The fraction of sp³-hybridized carbons (Fsp3) is 0.133. The highest BCUT2D eigenvalue weighted by Crippen LogP contribution is 2.29. The van der Waals surface area contributed by atoms with Crippen molar-refractivity contribution in [2.24, 2.45) is 0 Å². The molecule has 0 unspecified atom stereocenters. The first-order chi connectivity index (χ1) is 9.97. The van der Waals surface area contributed by atoms with E-state index in [0.717, 1.165) is 12.1 Å². The van der Waals surface area contributed by atoms with Gasteiger partial charge in [0.2, 0.25) is 0 Å². The number of rotatable bonds is 4. The second-order valence-electron chi connectivity index (χ2n) is 4.15. The Kier molecular flexibility index (Phi) is 4.57. The van der Waals surface area contributed by atoms with E-state index >= 15 is 0 Å². The van der Waals surface area contributed by atoms with Crippen molar-refractivity contribution in [1.82, 2.24) is 0 Å². The number of carbonyl (C=O) groups is 1. The first-order valence-corrected chi connectivity index (χ1v) is 6.68. The molecule has 3 nitrogen and oxygen atoms in total. The van der Waals surface area contributed by atoms with Gasteiger partial charge < -0.3 is 9.47 Å². The molecule has 0 heterocycles. The fourth-order valence-corrected chi connectivity index (χ4v) is 2.14. The number of halogens is 3. The average Bonchev–Trinajstić information content (AvgIpc) is 2.49.